The van der Waals surface area contributed by atoms with E-state index in [1.165, 1.54) is 12.1 Å². The van der Waals surface area contributed by atoms with Crippen molar-refractivity contribution in [3.8, 4) is 11.1 Å². The summed E-state index contributed by atoms with van der Waals surface area (Å²) in [4.78, 5) is 4.97. The number of pyridine rings is 1. The molecule has 2 rings (SSSR count). The van der Waals surface area contributed by atoms with E-state index in [1.54, 1.807) is 12.1 Å². The summed E-state index contributed by atoms with van der Waals surface area (Å²) < 4.78 is 13.5. The van der Waals surface area contributed by atoms with Crippen molar-refractivity contribution in [1.82, 2.24) is 4.98 Å². The Labute approximate surface area is 169 Å². The van der Waals surface area contributed by atoms with Crippen LogP contribution in [0.1, 0.15) is 88.7 Å². The molecule has 0 radical (unpaired) electrons. The lowest BCUT2D eigenvalue weighted by Gasteiger charge is -2.23. The molecule has 152 valence electrons. The first kappa shape index (κ1) is 22.3. The van der Waals surface area contributed by atoms with Crippen molar-refractivity contribution < 1.29 is 9.50 Å². The first-order valence-corrected chi connectivity index (χ1v) is 10.4. The normalized spacial score (nSPS) is 12.1. The topological polar surface area (TPSA) is 33.1 Å². The minimum atomic E-state index is -0.259. The molecule has 28 heavy (non-hydrogen) atoms. The van der Waals surface area contributed by atoms with Gasteiger partial charge in [0.05, 0.1) is 12.3 Å². The number of aliphatic hydroxyl groups excluding tert-OH is 1. The summed E-state index contributed by atoms with van der Waals surface area (Å²) in [6, 6.07) is 6.55. The zero-order valence-electron chi connectivity index (χ0n) is 18.1. The van der Waals surface area contributed by atoms with Crippen LogP contribution in [0.3, 0.4) is 0 Å². The van der Waals surface area contributed by atoms with Crippen LogP contribution < -0.4 is 0 Å². The number of aliphatic hydroxyl groups is 1. The van der Waals surface area contributed by atoms with Crippen LogP contribution in [0, 0.1) is 11.7 Å². The first-order chi connectivity index (χ1) is 13.3. The molecular weight excluding hydrogens is 349 g/mol. The Hall–Kier alpha value is -2.00. The molecule has 2 nitrogen and oxygen atoms in total. The second kappa shape index (κ2) is 9.97. The van der Waals surface area contributed by atoms with Crippen LogP contribution in [0.2, 0.25) is 0 Å². The van der Waals surface area contributed by atoms with Crippen LogP contribution in [-0.2, 0) is 6.61 Å². The predicted octanol–water partition coefficient (Wildman–Crippen LogP) is 7.08. The van der Waals surface area contributed by atoms with E-state index in [-0.39, 0.29) is 24.3 Å². The minimum absolute atomic E-state index is 0.0849. The van der Waals surface area contributed by atoms with E-state index in [0.29, 0.717) is 5.92 Å². The number of aromatic nitrogens is 1. The molecule has 0 spiro atoms. The summed E-state index contributed by atoms with van der Waals surface area (Å²) in [5.74, 6) is 0.831. The second-order valence-electron chi connectivity index (χ2n) is 8.50. The van der Waals surface area contributed by atoms with Gasteiger partial charge in [0.1, 0.15) is 5.82 Å². The number of benzene rings is 1. The maximum Gasteiger partial charge on any atom is 0.123 e. The summed E-state index contributed by atoms with van der Waals surface area (Å²) in [5.41, 5.74) is 5.73. The van der Waals surface area contributed by atoms with Crippen LogP contribution in [-0.4, -0.2) is 10.1 Å². The van der Waals surface area contributed by atoms with Gasteiger partial charge in [-0.2, -0.15) is 0 Å². The van der Waals surface area contributed by atoms with Crippen molar-refractivity contribution in [2.75, 3.05) is 0 Å². The van der Waals surface area contributed by atoms with Gasteiger partial charge in [-0.15, -0.1) is 0 Å². The van der Waals surface area contributed by atoms with Crippen molar-refractivity contribution in [3.63, 3.8) is 0 Å². The molecule has 0 unspecified atom stereocenters. The Kier molecular flexibility index (Phi) is 7.94. The molecule has 3 heteroatoms. The van der Waals surface area contributed by atoms with Crippen molar-refractivity contribution in [2.45, 2.75) is 72.8 Å². The number of hydrogen-bond acceptors (Lipinski definition) is 2. The molecule has 0 fully saturated rings. The van der Waals surface area contributed by atoms with Gasteiger partial charge in [-0.25, -0.2) is 4.39 Å². The maximum atomic E-state index is 13.5. The predicted molar refractivity (Wildman–Crippen MR) is 117 cm³/mol. The molecule has 2 aromatic rings. The third-order valence-corrected chi connectivity index (χ3v) is 4.98. The van der Waals surface area contributed by atoms with E-state index in [4.69, 9.17) is 4.98 Å². The van der Waals surface area contributed by atoms with Gasteiger partial charge in [-0.1, -0.05) is 65.8 Å². The molecule has 0 aliphatic rings. The standard InChI is InChI=1S/C25H34FNO/c1-16(2)9-7-8-10-21-23(19-11-13-20(26)14-12-19)22(15-28)25(18(5)6)27-24(21)17(3)4/h8,10-14,16-18,28H,7,9,15H2,1-6H3/b10-8+. The fourth-order valence-electron chi connectivity index (χ4n) is 3.50. The van der Waals surface area contributed by atoms with Gasteiger partial charge in [0.15, 0.2) is 0 Å². The SMILES string of the molecule is CC(C)CC/C=C/c1c(C(C)C)nc(C(C)C)c(CO)c1-c1ccc(F)cc1. The van der Waals surface area contributed by atoms with E-state index in [9.17, 15) is 9.50 Å². The second-order valence-corrected chi connectivity index (χ2v) is 8.50. The average Bonchev–Trinajstić information content (AvgIpc) is 2.64. The molecule has 1 aromatic heterocycles. The summed E-state index contributed by atoms with van der Waals surface area (Å²) >= 11 is 0. The van der Waals surface area contributed by atoms with Crippen LogP contribution in [0.25, 0.3) is 17.2 Å². The maximum absolute atomic E-state index is 13.5. The van der Waals surface area contributed by atoms with Crippen LogP contribution in [0.15, 0.2) is 30.3 Å². The fourth-order valence-corrected chi connectivity index (χ4v) is 3.50. The molecule has 0 aliphatic heterocycles. The minimum Gasteiger partial charge on any atom is -0.392 e. The van der Waals surface area contributed by atoms with E-state index in [1.807, 2.05) is 0 Å². The third kappa shape index (κ3) is 5.29. The van der Waals surface area contributed by atoms with Gasteiger partial charge >= 0.3 is 0 Å². The van der Waals surface area contributed by atoms with Crippen molar-refractivity contribution in [2.24, 2.45) is 5.92 Å². The monoisotopic (exact) mass is 383 g/mol. The number of halogens is 1. The van der Waals surface area contributed by atoms with Gasteiger partial charge in [0.2, 0.25) is 0 Å². The van der Waals surface area contributed by atoms with Crippen molar-refractivity contribution >= 4 is 6.08 Å². The smallest absolute Gasteiger partial charge is 0.123 e. The van der Waals surface area contributed by atoms with Crippen molar-refractivity contribution in [1.29, 1.82) is 0 Å². The molecule has 1 heterocycles. The highest BCUT2D eigenvalue weighted by Crippen LogP contribution is 2.37. The van der Waals surface area contributed by atoms with Crippen LogP contribution >= 0.6 is 0 Å². The summed E-state index contributed by atoms with van der Waals surface area (Å²) in [5, 5.41) is 10.2. The number of rotatable bonds is 8. The van der Waals surface area contributed by atoms with Crippen molar-refractivity contribution in [3.05, 3.63) is 58.7 Å². The number of allylic oxidation sites excluding steroid dienone is 1. The first-order valence-electron chi connectivity index (χ1n) is 10.4. The molecule has 0 amide bonds. The Morgan fingerprint density at radius 1 is 0.964 bits per heavy atom. The van der Waals surface area contributed by atoms with Crippen LogP contribution in [0.4, 0.5) is 4.39 Å². The fraction of sp³-hybridized carbons (Fsp3) is 0.480. The van der Waals surface area contributed by atoms with Gasteiger partial charge in [0, 0.05) is 16.8 Å². The lowest BCUT2D eigenvalue weighted by Crippen LogP contribution is -2.10. The van der Waals surface area contributed by atoms with E-state index in [0.717, 1.165) is 46.5 Å². The molecule has 0 bridgehead atoms. The molecule has 0 aliphatic carbocycles. The Morgan fingerprint density at radius 2 is 1.57 bits per heavy atom. The molecule has 1 aromatic carbocycles. The van der Waals surface area contributed by atoms with Gasteiger partial charge in [-0.3, -0.25) is 4.98 Å². The molecule has 0 atom stereocenters. The quantitative estimate of drug-likeness (QED) is 0.528. The van der Waals surface area contributed by atoms with Gasteiger partial charge in [-0.05, 0) is 53.9 Å². The lowest BCUT2D eigenvalue weighted by molar-refractivity contribution is 0.280. The molecular formula is C25H34FNO. The zero-order valence-corrected chi connectivity index (χ0v) is 18.1. The van der Waals surface area contributed by atoms with Gasteiger partial charge in [0.25, 0.3) is 0 Å². The Morgan fingerprint density at radius 3 is 2.07 bits per heavy atom. The molecule has 0 saturated carbocycles. The molecule has 0 saturated heterocycles. The number of nitrogens with zero attached hydrogens (tertiary/aromatic N) is 1. The molecule has 1 N–H and O–H groups in total. The largest absolute Gasteiger partial charge is 0.392 e. The summed E-state index contributed by atoms with van der Waals surface area (Å²) in [6.45, 7) is 12.8. The third-order valence-electron chi connectivity index (χ3n) is 4.98. The highest BCUT2D eigenvalue weighted by Gasteiger charge is 2.22. The zero-order chi connectivity index (χ0) is 20.8. The number of hydrogen-bond donors (Lipinski definition) is 1. The van der Waals surface area contributed by atoms with E-state index < -0.39 is 0 Å². The summed E-state index contributed by atoms with van der Waals surface area (Å²) in [6.07, 6.45) is 6.47. The van der Waals surface area contributed by atoms with Crippen LogP contribution in [0.5, 0.6) is 0 Å². The highest BCUT2D eigenvalue weighted by atomic mass is 19.1. The average molecular weight is 384 g/mol. The lowest BCUT2D eigenvalue weighted by atomic mass is 9.87. The summed E-state index contributed by atoms with van der Waals surface area (Å²) in [7, 11) is 0. The van der Waals surface area contributed by atoms with E-state index in [2.05, 4.69) is 53.7 Å². The highest BCUT2D eigenvalue weighted by molar-refractivity contribution is 5.80. The Balaban J connectivity index is 2.75. The van der Waals surface area contributed by atoms with E-state index >= 15 is 0 Å². The Bertz CT molecular complexity index is 804. The van der Waals surface area contributed by atoms with Gasteiger partial charge < -0.3 is 5.11 Å².